The van der Waals surface area contributed by atoms with E-state index in [1.165, 1.54) is 10.4 Å². The number of hydrogen-bond donors (Lipinski definition) is 1. The molecule has 0 bridgehead atoms. The minimum absolute atomic E-state index is 1.01. The first kappa shape index (κ1) is 11.1. The molecule has 2 rings (SSSR count). The van der Waals surface area contributed by atoms with Crippen LogP contribution in [-0.2, 0) is 0 Å². The van der Waals surface area contributed by atoms with Crippen LogP contribution in [0.2, 0.25) is 0 Å². The molecule has 2 aromatic heterocycles. The molecule has 0 aliphatic carbocycles. The Kier molecular flexibility index (Phi) is 3.57. The van der Waals surface area contributed by atoms with Crippen molar-refractivity contribution in [3.05, 3.63) is 35.3 Å². The van der Waals surface area contributed by atoms with E-state index in [1.807, 2.05) is 12.3 Å². The van der Waals surface area contributed by atoms with Gasteiger partial charge in [0, 0.05) is 18.4 Å². The topological polar surface area (TPSA) is 24.9 Å². The van der Waals surface area contributed by atoms with Crippen molar-refractivity contribution in [1.82, 2.24) is 4.98 Å². The highest BCUT2D eigenvalue weighted by Gasteiger charge is 2.05. The minimum atomic E-state index is 1.01. The zero-order chi connectivity index (χ0) is 11.4. The first-order chi connectivity index (χ1) is 7.81. The highest BCUT2D eigenvalue weighted by molar-refractivity contribution is 7.13. The van der Waals surface area contributed by atoms with Gasteiger partial charge in [0.05, 0.1) is 10.6 Å². The van der Waals surface area contributed by atoms with E-state index in [2.05, 4.69) is 41.7 Å². The van der Waals surface area contributed by atoms with E-state index in [4.69, 9.17) is 0 Å². The van der Waals surface area contributed by atoms with Crippen molar-refractivity contribution in [3.63, 3.8) is 0 Å². The quantitative estimate of drug-likeness (QED) is 0.863. The molecule has 1 N–H and O–H groups in total. The molecule has 2 nitrogen and oxygen atoms in total. The minimum Gasteiger partial charge on any atom is -0.385 e. The molecular formula is C13H16N2S. The van der Waals surface area contributed by atoms with Gasteiger partial charge >= 0.3 is 0 Å². The van der Waals surface area contributed by atoms with Gasteiger partial charge in [0.15, 0.2) is 0 Å². The molecule has 2 aromatic rings. The second-order valence-corrected chi connectivity index (χ2v) is 4.71. The lowest BCUT2D eigenvalue weighted by Crippen LogP contribution is -1.99. The number of pyridine rings is 1. The van der Waals surface area contributed by atoms with Crippen molar-refractivity contribution in [1.29, 1.82) is 0 Å². The van der Waals surface area contributed by atoms with Crippen LogP contribution in [0.15, 0.2) is 29.8 Å². The van der Waals surface area contributed by atoms with Crippen LogP contribution in [0.5, 0.6) is 0 Å². The molecule has 3 heteroatoms. The highest BCUT2D eigenvalue weighted by atomic mass is 32.1. The summed E-state index contributed by atoms with van der Waals surface area (Å²) in [6.07, 6.45) is 3.00. The number of nitrogens with one attached hydrogen (secondary N) is 1. The average Bonchev–Trinajstić information content (AvgIpc) is 2.73. The third-order valence-corrected chi connectivity index (χ3v) is 3.47. The molecule has 0 spiro atoms. The maximum absolute atomic E-state index is 4.42. The van der Waals surface area contributed by atoms with Crippen LogP contribution < -0.4 is 5.32 Å². The molecule has 0 saturated heterocycles. The van der Waals surface area contributed by atoms with Crippen LogP contribution in [0, 0.1) is 6.92 Å². The van der Waals surface area contributed by atoms with E-state index in [-0.39, 0.29) is 0 Å². The maximum Gasteiger partial charge on any atom is 0.0824 e. The number of anilines is 1. The van der Waals surface area contributed by atoms with Gasteiger partial charge in [-0.2, -0.15) is 0 Å². The van der Waals surface area contributed by atoms with Crippen molar-refractivity contribution in [2.45, 2.75) is 20.3 Å². The first-order valence-corrected chi connectivity index (χ1v) is 6.43. The van der Waals surface area contributed by atoms with Crippen molar-refractivity contribution >= 4 is 17.0 Å². The van der Waals surface area contributed by atoms with E-state index in [9.17, 15) is 0 Å². The maximum atomic E-state index is 4.42. The van der Waals surface area contributed by atoms with Gasteiger partial charge < -0.3 is 5.32 Å². The Bertz CT molecular complexity index is 462. The fourth-order valence-corrected chi connectivity index (χ4v) is 2.46. The Hall–Kier alpha value is -1.35. The Balaban J connectivity index is 2.26. The number of aromatic nitrogens is 1. The van der Waals surface area contributed by atoms with Gasteiger partial charge in [-0.05, 0) is 42.5 Å². The van der Waals surface area contributed by atoms with Gasteiger partial charge in [0.1, 0.15) is 0 Å². The lowest BCUT2D eigenvalue weighted by Gasteiger charge is -2.06. The van der Waals surface area contributed by atoms with Gasteiger partial charge in [-0.25, -0.2) is 0 Å². The monoisotopic (exact) mass is 232 g/mol. The number of rotatable bonds is 4. The van der Waals surface area contributed by atoms with Gasteiger partial charge in [-0.1, -0.05) is 6.92 Å². The lowest BCUT2D eigenvalue weighted by atomic mass is 10.2. The normalized spacial score (nSPS) is 10.4. The largest absolute Gasteiger partial charge is 0.385 e. The van der Waals surface area contributed by atoms with Gasteiger partial charge in [0.2, 0.25) is 0 Å². The third kappa shape index (κ3) is 2.42. The SMILES string of the molecule is CCCNc1ccnc(-c2sccc2C)c1. The number of hydrogen-bond acceptors (Lipinski definition) is 3. The molecule has 0 radical (unpaired) electrons. The molecule has 0 saturated carbocycles. The van der Waals surface area contributed by atoms with Crippen LogP contribution >= 0.6 is 11.3 Å². The predicted molar refractivity (Wildman–Crippen MR) is 71.1 cm³/mol. The van der Waals surface area contributed by atoms with E-state index in [0.717, 1.165) is 24.3 Å². The summed E-state index contributed by atoms with van der Waals surface area (Å²) in [6.45, 7) is 5.30. The predicted octanol–water partition coefficient (Wildman–Crippen LogP) is 3.94. The summed E-state index contributed by atoms with van der Waals surface area (Å²) in [5.74, 6) is 0. The van der Waals surface area contributed by atoms with E-state index in [1.54, 1.807) is 11.3 Å². The molecule has 0 aliphatic heterocycles. The Morgan fingerprint density at radius 3 is 2.94 bits per heavy atom. The fraction of sp³-hybridized carbons (Fsp3) is 0.308. The Morgan fingerprint density at radius 2 is 2.25 bits per heavy atom. The fourth-order valence-electron chi connectivity index (χ4n) is 1.57. The molecule has 84 valence electrons. The van der Waals surface area contributed by atoms with Gasteiger partial charge in [0.25, 0.3) is 0 Å². The van der Waals surface area contributed by atoms with Crippen LogP contribution in [-0.4, -0.2) is 11.5 Å². The van der Waals surface area contributed by atoms with E-state index in [0.29, 0.717) is 0 Å². The van der Waals surface area contributed by atoms with Gasteiger partial charge in [-0.15, -0.1) is 11.3 Å². The summed E-state index contributed by atoms with van der Waals surface area (Å²) in [4.78, 5) is 5.69. The van der Waals surface area contributed by atoms with Crippen molar-refractivity contribution in [2.75, 3.05) is 11.9 Å². The smallest absolute Gasteiger partial charge is 0.0824 e. The molecule has 0 unspecified atom stereocenters. The zero-order valence-corrected chi connectivity index (χ0v) is 10.5. The van der Waals surface area contributed by atoms with Crippen molar-refractivity contribution in [2.24, 2.45) is 0 Å². The standard InChI is InChI=1S/C13H16N2S/c1-3-6-14-11-4-7-15-12(9-11)13-10(2)5-8-16-13/h4-5,7-9H,3,6H2,1-2H3,(H,14,15). The van der Waals surface area contributed by atoms with Crippen LogP contribution in [0.4, 0.5) is 5.69 Å². The molecule has 0 atom stereocenters. The average molecular weight is 232 g/mol. The van der Waals surface area contributed by atoms with E-state index >= 15 is 0 Å². The second kappa shape index (κ2) is 5.12. The Labute approximate surface area is 100 Å². The van der Waals surface area contributed by atoms with Crippen molar-refractivity contribution < 1.29 is 0 Å². The van der Waals surface area contributed by atoms with E-state index < -0.39 is 0 Å². The number of aryl methyl sites for hydroxylation is 1. The summed E-state index contributed by atoms with van der Waals surface area (Å²) < 4.78 is 0. The summed E-state index contributed by atoms with van der Waals surface area (Å²) in [5.41, 5.74) is 3.51. The molecule has 2 heterocycles. The Morgan fingerprint density at radius 1 is 1.38 bits per heavy atom. The van der Waals surface area contributed by atoms with Crippen LogP contribution in [0.3, 0.4) is 0 Å². The molecule has 0 fully saturated rings. The third-order valence-electron chi connectivity index (χ3n) is 2.43. The van der Waals surface area contributed by atoms with Crippen molar-refractivity contribution in [3.8, 4) is 10.6 Å². The molecule has 16 heavy (non-hydrogen) atoms. The summed E-state index contributed by atoms with van der Waals surface area (Å²) in [7, 11) is 0. The molecule has 0 aromatic carbocycles. The molecular weight excluding hydrogens is 216 g/mol. The van der Waals surface area contributed by atoms with Crippen LogP contribution in [0.1, 0.15) is 18.9 Å². The molecule has 0 aliphatic rings. The molecule has 0 amide bonds. The second-order valence-electron chi connectivity index (χ2n) is 3.79. The summed E-state index contributed by atoms with van der Waals surface area (Å²) in [5, 5.41) is 5.49. The highest BCUT2D eigenvalue weighted by Crippen LogP contribution is 2.28. The summed E-state index contributed by atoms with van der Waals surface area (Å²) in [6, 6.07) is 6.27. The first-order valence-electron chi connectivity index (χ1n) is 5.55. The number of thiophene rings is 1. The lowest BCUT2D eigenvalue weighted by molar-refractivity contribution is 0.979. The van der Waals surface area contributed by atoms with Crippen LogP contribution in [0.25, 0.3) is 10.6 Å². The summed E-state index contributed by atoms with van der Waals surface area (Å²) >= 11 is 1.74. The number of nitrogens with zero attached hydrogens (tertiary/aromatic N) is 1. The zero-order valence-electron chi connectivity index (χ0n) is 9.66. The van der Waals surface area contributed by atoms with Gasteiger partial charge in [-0.3, -0.25) is 4.98 Å².